The fourth-order valence-electron chi connectivity index (χ4n) is 1.30. The van der Waals surface area contributed by atoms with Crippen molar-refractivity contribution in [2.75, 3.05) is 0 Å². The van der Waals surface area contributed by atoms with Crippen molar-refractivity contribution in [3.8, 4) is 0 Å². The lowest BCUT2D eigenvalue weighted by Gasteiger charge is -1.99. The molecule has 0 spiro atoms. The molecule has 0 saturated carbocycles. The van der Waals surface area contributed by atoms with Gasteiger partial charge in [-0.3, -0.25) is 9.76 Å². The van der Waals surface area contributed by atoms with Crippen LogP contribution in [0.1, 0.15) is 5.56 Å². The first-order valence-electron chi connectivity index (χ1n) is 6.15. The summed E-state index contributed by atoms with van der Waals surface area (Å²) in [5.41, 5.74) is 5.06. The van der Waals surface area contributed by atoms with Crippen LogP contribution in [0, 0.1) is 6.92 Å². The number of furan rings is 1. The number of hydrazone groups is 1. The van der Waals surface area contributed by atoms with E-state index in [1.807, 2.05) is 6.92 Å². The zero-order chi connectivity index (χ0) is 17.3. The summed E-state index contributed by atoms with van der Waals surface area (Å²) in [5.74, 6) is 0.391. The van der Waals surface area contributed by atoms with Crippen LogP contribution < -0.4 is 10.9 Å². The number of rotatable bonds is 3. The van der Waals surface area contributed by atoms with Crippen molar-refractivity contribution < 1.29 is 22.6 Å². The topological polar surface area (TPSA) is 137 Å². The highest BCUT2D eigenvalue weighted by atomic mass is 32.2. The molecular weight excluding hydrogens is 324 g/mol. The van der Waals surface area contributed by atoms with Gasteiger partial charge in [0.25, 0.3) is 10.1 Å². The maximum Gasteiger partial charge on any atom is 0.294 e. The smallest absolute Gasteiger partial charge is 0.294 e. The zero-order valence-electron chi connectivity index (χ0n) is 12.2. The first-order chi connectivity index (χ1) is 10.9. The predicted octanol–water partition coefficient (Wildman–Crippen LogP) is 1.69. The van der Waals surface area contributed by atoms with Crippen LogP contribution in [0.3, 0.4) is 0 Å². The van der Waals surface area contributed by atoms with Crippen molar-refractivity contribution in [1.82, 2.24) is 10.9 Å². The first kappa shape index (κ1) is 18.4. The normalized spacial score (nSPS) is 11.2. The molecule has 0 aliphatic rings. The Morgan fingerprint density at radius 1 is 1.26 bits per heavy atom. The van der Waals surface area contributed by atoms with Gasteiger partial charge >= 0.3 is 0 Å². The molecule has 10 heteroatoms. The summed E-state index contributed by atoms with van der Waals surface area (Å²) in [6.45, 7) is 5.00. The number of hydrogen-bond donors (Lipinski definition) is 4. The van der Waals surface area contributed by atoms with Crippen molar-refractivity contribution >= 4 is 28.7 Å². The van der Waals surface area contributed by atoms with E-state index in [-0.39, 0.29) is 10.9 Å². The van der Waals surface area contributed by atoms with Gasteiger partial charge in [-0.1, -0.05) is 17.7 Å². The molecule has 9 nitrogen and oxygen atoms in total. The Balaban J connectivity index is 0.000000231. The van der Waals surface area contributed by atoms with Crippen molar-refractivity contribution in [2.24, 2.45) is 10.1 Å². The SMILES string of the molecule is C=NNC(=Nc1ccco1)NO.Cc1ccc(S(=O)(=O)O)cc1. The van der Waals surface area contributed by atoms with Crippen LogP contribution in [0.5, 0.6) is 0 Å². The molecule has 0 atom stereocenters. The lowest BCUT2D eigenvalue weighted by atomic mass is 10.2. The van der Waals surface area contributed by atoms with E-state index >= 15 is 0 Å². The zero-order valence-corrected chi connectivity index (χ0v) is 13.0. The number of hydrogen-bond acceptors (Lipinski definition) is 6. The van der Waals surface area contributed by atoms with E-state index in [0.717, 1.165) is 5.56 Å². The Bertz CT molecular complexity index is 739. The minimum absolute atomic E-state index is 0.0416. The molecule has 1 aromatic carbocycles. The molecule has 0 bridgehead atoms. The minimum atomic E-state index is -4.02. The Kier molecular flexibility index (Phi) is 6.93. The maximum atomic E-state index is 10.5. The van der Waals surface area contributed by atoms with Gasteiger partial charge in [0.05, 0.1) is 11.2 Å². The number of guanidine groups is 1. The van der Waals surface area contributed by atoms with E-state index in [2.05, 4.69) is 22.2 Å². The van der Waals surface area contributed by atoms with Gasteiger partial charge in [-0.2, -0.15) is 18.5 Å². The predicted molar refractivity (Wildman–Crippen MR) is 84.4 cm³/mol. The molecule has 0 saturated heterocycles. The van der Waals surface area contributed by atoms with Gasteiger partial charge in [-0.15, -0.1) is 0 Å². The van der Waals surface area contributed by atoms with Crippen molar-refractivity contribution in [2.45, 2.75) is 11.8 Å². The Morgan fingerprint density at radius 2 is 1.91 bits per heavy atom. The third kappa shape index (κ3) is 6.74. The molecule has 124 valence electrons. The second-order valence-corrected chi connectivity index (χ2v) is 5.50. The molecular formula is C13H16N4O5S. The maximum absolute atomic E-state index is 10.5. The molecule has 2 rings (SSSR count). The van der Waals surface area contributed by atoms with Crippen LogP contribution in [0.25, 0.3) is 0 Å². The number of aliphatic imine (C=N–C) groups is 1. The Morgan fingerprint density at radius 3 is 2.35 bits per heavy atom. The highest BCUT2D eigenvalue weighted by Gasteiger charge is 2.06. The number of nitrogens with one attached hydrogen (secondary N) is 2. The number of benzene rings is 1. The van der Waals surface area contributed by atoms with Crippen molar-refractivity contribution in [3.63, 3.8) is 0 Å². The third-order valence-electron chi connectivity index (χ3n) is 2.34. The van der Waals surface area contributed by atoms with E-state index in [1.54, 1.807) is 29.7 Å². The number of hydroxylamine groups is 1. The average molecular weight is 340 g/mol. The molecule has 23 heavy (non-hydrogen) atoms. The third-order valence-corrected chi connectivity index (χ3v) is 3.21. The van der Waals surface area contributed by atoms with Gasteiger partial charge in [0.1, 0.15) is 0 Å². The van der Waals surface area contributed by atoms with E-state index in [0.29, 0.717) is 5.88 Å². The van der Waals surface area contributed by atoms with E-state index in [4.69, 9.17) is 14.2 Å². The summed E-state index contributed by atoms with van der Waals surface area (Å²) in [6.07, 6.45) is 1.47. The Labute approximate surface area is 133 Å². The van der Waals surface area contributed by atoms with Crippen molar-refractivity contribution in [3.05, 3.63) is 48.2 Å². The fourth-order valence-corrected chi connectivity index (χ4v) is 1.78. The standard InChI is InChI=1S/C7H8O3S.C6H8N4O2/c1-6-2-4-7(5-3-6)11(8,9)10;1-7-9-6(10-11)8-5-3-2-4-12-5/h2-5H,1H3,(H,8,9,10);2-4,11H,1H2,(H2,8,9,10). The van der Waals surface area contributed by atoms with Gasteiger partial charge in [-0.25, -0.2) is 10.9 Å². The Hall–Kier alpha value is -2.69. The van der Waals surface area contributed by atoms with E-state index in [1.165, 1.54) is 18.4 Å². The molecule has 0 aliphatic carbocycles. The molecule has 0 fully saturated rings. The summed E-state index contributed by atoms with van der Waals surface area (Å²) < 4.78 is 34.4. The second kappa shape index (κ2) is 8.68. The molecule has 1 aromatic heterocycles. The summed E-state index contributed by atoms with van der Waals surface area (Å²) in [4.78, 5) is 3.70. The molecule has 0 aliphatic heterocycles. The van der Waals surface area contributed by atoms with Crippen LogP contribution in [0.15, 0.2) is 62.1 Å². The van der Waals surface area contributed by atoms with E-state index in [9.17, 15) is 8.42 Å². The van der Waals surface area contributed by atoms with Gasteiger partial charge in [0.15, 0.2) is 0 Å². The lowest BCUT2D eigenvalue weighted by Crippen LogP contribution is -2.30. The fraction of sp³-hybridized carbons (Fsp3) is 0.0769. The number of nitrogens with zero attached hydrogens (tertiary/aromatic N) is 2. The molecule has 0 unspecified atom stereocenters. The second-order valence-electron chi connectivity index (χ2n) is 4.08. The molecule has 0 amide bonds. The summed E-state index contributed by atoms with van der Waals surface area (Å²) in [5, 5.41) is 11.8. The van der Waals surface area contributed by atoms with Crippen LogP contribution >= 0.6 is 0 Å². The highest BCUT2D eigenvalue weighted by Crippen LogP contribution is 2.10. The lowest BCUT2D eigenvalue weighted by molar-refractivity contribution is 0.229. The van der Waals surface area contributed by atoms with Crippen LogP contribution in [0.4, 0.5) is 5.88 Å². The summed E-state index contributed by atoms with van der Waals surface area (Å²) in [6, 6.07) is 9.29. The molecule has 4 N–H and O–H groups in total. The monoisotopic (exact) mass is 340 g/mol. The minimum Gasteiger partial charge on any atom is -0.447 e. The van der Waals surface area contributed by atoms with Crippen molar-refractivity contribution in [1.29, 1.82) is 0 Å². The molecule has 0 radical (unpaired) electrons. The van der Waals surface area contributed by atoms with Crippen LogP contribution in [-0.4, -0.2) is 30.9 Å². The molecule has 1 heterocycles. The van der Waals surface area contributed by atoms with E-state index < -0.39 is 10.1 Å². The molecule has 2 aromatic rings. The highest BCUT2D eigenvalue weighted by molar-refractivity contribution is 7.85. The van der Waals surface area contributed by atoms with Crippen LogP contribution in [-0.2, 0) is 10.1 Å². The van der Waals surface area contributed by atoms with Gasteiger partial charge in [-0.05, 0) is 25.1 Å². The average Bonchev–Trinajstić information content (AvgIpc) is 3.00. The van der Waals surface area contributed by atoms with Crippen LogP contribution in [0.2, 0.25) is 0 Å². The first-order valence-corrected chi connectivity index (χ1v) is 7.59. The van der Waals surface area contributed by atoms with Gasteiger partial charge < -0.3 is 4.42 Å². The largest absolute Gasteiger partial charge is 0.447 e. The quantitative estimate of drug-likeness (QED) is 0.289. The van der Waals surface area contributed by atoms with Gasteiger partial charge in [0, 0.05) is 12.8 Å². The summed E-state index contributed by atoms with van der Waals surface area (Å²) >= 11 is 0. The van der Waals surface area contributed by atoms with Gasteiger partial charge in [0.2, 0.25) is 11.8 Å². The summed E-state index contributed by atoms with van der Waals surface area (Å²) in [7, 11) is -4.02. The number of aryl methyl sites for hydroxylation is 1.